The second-order valence-corrected chi connectivity index (χ2v) is 5.06. The minimum atomic E-state index is -0.893. The molecular weight excluding hydrogens is 287 g/mol. The van der Waals surface area contributed by atoms with E-state index in [0.717, 1.165) is 5.56 Å². The van der Waals surface area contributed by atoms with Crippen LogP contribution in [-0.2, 0) is 17.8 Å². The predicted molar refractivity (Wildman–Crippen MR) is 79.4 cm³/mol. The smallest absolute Gasteiger partial charge is 0.326 e. The molecule has 2 N–H and O–H groups in total. The Morgan fingerprint density at radius 1 is 1.14 bits per heavy atom. The number of nitrogens with zero attached hydrogens (tertiary/aromatic N) is 1. The maximum Gasteiger partial charge on any atom is 0.326 e. The fourth-order valence-corrected chi connectivity index (χ4v) is 2.40. The van der Waals surface area contributed by atoms with Crippen LogP contribution in [0.15, 0.2) is 47.3 Å². The Balaban J connectivity index is 1.93. The van der Waals surface area contributed by atoms with Gasteiger partial charge >= 0.3 is 11.7 Å². The number of aliphatic carboxylic acids is 1. The quantitative estimate of drug-likeness (QED) is 0.775. The molecule has 0 aliphatic carbocycles. The Bertz CT molecular complexity index is 894. The zero-order chi connectivity index (χ0) is 15.7. The summed E-state index contributed by atoms with van der Waals surface area (Å²) in [5.74, 6) is -1.30. The normalized spacial score (nSPS) is 11.0. The van der Waals surface area contributed by atoms with E-state index >= 15 is 0 Å². The molecule has 112 valence electrons. The monoisotopic (exact) mass is 300 g/mol. The number of carboxylic acid groups (broad SMARTS) is 1. The van der Waals surface area contributed by atoms with Crippen LogP contribution >= 0.6 is 0 Å². The third-order valence-electron chi connectivity index (χ3n) is 3.46. The Hall–Kier alpha value is -2.89. The minimum absolute atomic E-state index is 0.0431. The van der Waals surface area contributed by atoms with Crippen LogP contribution in [0.2, 0.25) is 0 Å². The Morgan fingerprint density at radius 2 is 1.82 bits per heavy atom. The van der Waals surface area contributed by atoms with Gasteiger partial charge in [0.25, 0.3) is 0 Å². The molecule has 0 bridgehead atoms. The van der Waals surface area contributed by atoms with Gasteiger partial charge in [-0.25, -0.2) is 9.18 Å². The third-order valence-corrected chi connectivity index (χ3v) is 3.46. The van der Waals surface area contributed by atoms with Gasteiger partial charge in [-0.2, -0.15) is 0 Å². The molecule has 0 unspecified atom stereocenters. The summed E-state index contributed by atoms with van der Waals surface area (Å²) in [5.41, 5.74) is 2.29. The fourth-order valence-electron chi connectivity index (χ4n) is 2.40. The number of carbonyl (C=O) groups is 1. The Kier molecular flexibility index (Phi) is 3.50. The van der Waals surface area contributed by atoms with Crippen LogP contribution < -0.4 is 5.69 Å². The number of nitrogens with one attached hydrogen (secondary N) is 1. The lowest BCUT2D eigenvalue weighted by Gasteiger charge is -2.05. The minimum Gasteiger partial charge on any atom is -0.481 e. The number of aromatic amines is 1. The van der Waals surface area contributed by atoms with Crippen molar-refractivity contribution in [1.29, 1.82) is 0 Å². The van der Waals surface area contributed by atoms with Crippen LogP contribution in [0, 0.1) is 5.82 Å². The van der Waals surface area contributed by atoms with Gasteiger partial charge in [-0.1, -0.05) is 24.3 Å². The molecule has 3 aromatic rings. The van der Waals surface area contributed by atoms with E-state index in [0.29, 0.717) is 16.6 Å². The van der Waals surface area contributed by atoms with Crippen molar-refractivity contribution in [1.82, 2.24) is 9.55 Å². The van der Waals surface area contributed by atoms with E-state index in [-0.39, 0.29) is 18.7 Å². The molecule has 22 heavy (non-hydrogen) atoms. The van der Waals surface area contributed by atoms with E-state index in [9.17, 15) is 14.0 Å². The average molecular weight is 300 g/mol. The van der Waals surface area contributed by atoms with Crippen molar-refractivity contribution in [3.63, 3.8) is 0 Å². The number of aromatic nitrogens is 2. The molecule has 3 rings (SSSR count). The summed E-state index contributed by atoms with van der Waals surface area (Å²) in [7, 11) is 0. The van der Waals surface area contributed by atoms with E-state index in [1.165, 1.54) is 22.8 Å². The number of rotatable bonds is 4. The van der Waals surface area contributed by atoms with Gasteiger partial charge in [0.05, 0.1) is 24.0 Å². The number of H-pyrrole nitrogens is 1. The highest BCUT2D eigenvalue weighted by Gasteiger charge is 2.08. The molecule has 1 heterocycles. The van der Waals surface area contributed by atoms with Gasteiger partial charge in [-0.05, 0) is 29.3 Å². The maximum absolute atomic E-state index is 13.4. The molecule has 0 fully saturated rings. The number of hydrogen-bond acceptors (Lipinski definition) is 2. The molecule has 0 spiro atoms. The van der Waals surface area contributed by atoms with Crippen molar-refractivity contribution in [3.05, 3.63) is 69.9 Å². The van der Waals surface area contributed by atoms with Gasteiger partial charge in [-0.3, -0.25) is 9.36 Å². The van der Waals surface area contributed by atoms with Gasteiger partial charge in [0, 0.05) is 0 Å². The van der Waals surface area contributed by atoms with E-state index < -0.39 is 11.8 Å². The lowest BCUT2D eigenvalue weighted by molar-refractivity contribution is -0.136. The van der Waals surface area contributed by atoms with E-state index in [1.54, 1.807) is 24.3 Å². The van der Waals surface area contributed by atoms with Gasteiger partial charge in [0.15, 0.2) is 0 Å². The molecule has 1 aromatic heterocycles. The highest BCUT2D eigenvalue weighted by atomic mass is 19.1. The number of halogens is 1. The first kappa shape index (κ1) is 14.1. The van der Waals surface area contributed by atoms with Crippen LogP contribution in [0.25, 0.3) is 11.0 Å². The fraction of sp³-hybridized carbons (Fsp3) is 0.125. The molecule has 0 saturated heterocycles. The van der Waals surface area contributed by atoms with Gasteiger partial charge in [0.2, 0.25) is 0 Å². The van der Waals surface area contributed by atoms with Crippen molar-refractivity contribution >= 4 is 17.0 Å². The number of fused-ring (bicyclic) bond motifs is 1. The summed E-state index contributed by atoms with van der Waals surface area (Å²) in [6.07, 6.45) is -0.0431. The predicted octanol–water partition coefficient (Wildman–Crippen LogP) is 2.14. The first-order valence-electron chi connectivity index (χ1n) is 6.70. The zero-order valence-corrected chi connectivity index (χ0v) is 11.5. The number of carboxylic acids is 1. The van der Waals surface area contributed by atoms with Crippen molar-refractivity contribution in [2.24, 2.45) is 0 Å². The summed E-state index contributed by atoms with van der Waals surface area (Å²) < 4.78 is 14.8. The summed E-state index contributed by atoms with van der Waals surface area (Å²) in [4.78, 5) is 25.3. The largest absolute Gasteiger partial charge is 0.481 e. The summed E-state index contributed by atoms with van der Waals surface area (Å²) in [5, 5.41) is 8.74. The summed E-state index contributed by atoms with van der Waals surface area (Å²) in [6.45, 7) is 0.287. The molecule has 0 aliphatic rings. The second-order valence-electron chi connectivity index (χ2n) is 5.06. The first-order chi connectivity index (χ1) is 10.5. The van der Waals surface area contributed by atoms with E-state index in [2.05, 4.69) is 4.98 Å². The Morgan fingerprint density at radius 3 is 2.50 bits per heavy atom. The number of hydrogen-bond donors (Lipinski definition) is 2. The van der Waals surface area contributed by atoms with Gasteiger partial charge < -0.3 is 10.1 Å². The van der Waals surface area contributed by atoms with Crippen molar-refractivity contribution < 1.29 is 14.3 Å². The van der Waals surface area contributed by atoms with E-state index in [4.69, 9.17) is 5.11 Å². The van der Waals surface area contributed by atoms with Crippen LogP contribution in [0.3, 0.4) is 0 Å². The molecule has 0 atom stereocenters. The third kappa shape index (κ3) is 2.76. The van der Waals surface area contributed by atoms with Crippen LogP contribution in [0.5, 0.6) is 0 Å². The highest BCUT2D eigenvalue weighted by Crippen LogP contribution is 2.14. The van der Waals surface area contributed by atoms with Crippen molar-refractivity contribution in [3.8, 4) is 0 Å². The van der Waals surface area contributed by atoms with Crippen LogP contribution in [0.4, 0.5) is 4.39 Å². The summed E-state index contributed by atoms with van der Waals surface area (Å²) in [6, 6.07) is 11.1. The molecule has 6 heteroatoms. The first-order valence-corrected chi connectivity index (χ1v) is 6.70. The average Bonchev–Trinajstić information content (AvgIpc) is 2.76. The summed E-state index contributed by atoms with van der Waals surface area (Å²) >= 11 is 0. The molecule has 2 aromatic carbocycles. The maximum atomic E-state index is 13.4. The zero-order valence-electron chi connectivity index (χ0n) is 11.5. The molecular formula is C16H13FN2O3. The van der Waals surface area contributed by atoms with Crippen LogP contribution in [-0.4, -0.2) is 20.6 Å². The number of benzene rings is 2. The lowest BCUT2D eigenvalue weighted by atomic mass is 10.1. The highest BCUT2D eigenvalue weighted by molar-refractivity contribution is 5.75. The van der Waals surface area contributed by atoms with Crippen molar-refractivity contribution in [2.45, 2.75) is 13.0 Å². The Labute approximate surface area is 124 Å². The number of imidazole rings is 1. The SMILES string of the molecule is O=C(O)Cc1ccc(Cn2c(=O)[nH]c3ccc(F)cc32)cc1. The van der Waals surface area contributed by atoms with E-state index in [1.807, 2.05) is 0 Å². The molecule has 0 aliphatic heterocycles. The molecule has 0 amide bonds. The lowest BCUT2D eigenvalue weighted by Crippen LogP contribution is -2.17. The molecule has 0 radical (unpaired) electrons. The molecule has 0 saturated carbocycles. The van der Waals surface area contributed by atoms with Crippen LogP contribution in [0.1, 0.15) is 11.1 Å². The topological polar surface area (TPSA) is 75.1 Å². The van der Waals surface area contributed by atoms with Gasteiger partial charge in [0.1, 0.15) is 5.82 Å². The van der Waals surface area contributed by atoms with Gasteiger partial charge in [-0.15, -0.1) is 0 Å². The standard InChI is InChI=1S/C16H13FN2O3/c17-12-5-6-13-14(8-12)19(16(22)18-13)9-11-3-1-10(2-4-11)7-15(20)21/h1-6,8H,7,9H2,(H,18,22)(H,20,21). The second kappa shape index (κ2) is 5.48. The molecule has 5 nitrogen and oxygen atoms in total. The van der Waals surface area contributed by atoms with Crippen molar-refractivity contribution in [2.75, 3.05) is 0 Å².